The van der Waals surface area contributed by atoms with E-state index in [0.717, 1.165) is 17.7 Å². The third kappa shape index (κ3) is 3.80. The van der Waals surface area contributed by atoms with E-state index in [2.05, 4.69) is 9.71 Å². The van der Waals surface area contributed by atoms with Gasteiger partial charge in [-0.3, -0.25) is 19.3 Å². The zero-order chi connectivity index (χ0) is 21.3. The van der Waals surface area contributed by atoms with Crippen LogP contribution in [-0.4, -0.2) is 45.3 Å². The molecule has 0 spiro atoms. The van der Waals surface area contributed by atoms with E-state index in [-0.39, 0.29) is 29.6 Å². The number of rotatable bonds is 5. The van der Waals surface area contributed by atoms with Crippen LogP contribution in [0.5, 0.6) is 0 Å². The Morgan fingerprint density at radius 1 is 1.17 bits per heavy atom. The Kier molecular flexibility index (Phi) is 5.29. The number of anilines is 1. The summed E-state index contributed by atoms with van der Waals surface area (Å²) in [5.41, 5.74) is 2.42. The largest absolute Gasteiger partial charge is 0.452 e. The number of amides is 1. The number of hydrogen-bond acceptors (Lipinski definition) is 6. The summed E-state index contributed by atoms with van der Waals surface area (Å²) >= 11 is 0. The van der Waals surface area contributed by atoms with Gasteiger partial charge in [-0.25, -0.2) is 8.42 Å². The lowest BCUT2D eigenvalue weighted by molar-refractivity contribution is -0.153. The molecule has 2 aliphatic heterocycles. The Hall–Kier alpha value is -3.20. The summed E-state index contributed by atoms with van der Waals surface area (Å²) in [7, 11) is -3.62. The Bertz CT molecular complexity index is 1140. The van der Waals surface area contributed by atoms with Gasteiger partial charge in [-0.2, -0.15) is 0 Å². The molecule has 9 heteroatoms. The lowest BCUT2D eigenvalue weighted by Crippen LogP contribution is -2.39. The summed E-state index contributed by atoms with van der Waals surface area (Å²) in [4.78, 5) is 30.8. The molecule has 1 atom stereocenters. The molecule has 2 heterocycles. The highest BCUT2D eigenvalue weighted by molar-refractivity contribution is 7.90. The van der Waals surface area contributed by atoms with Crippen molar-refractivity contribution >= 4 is 33.4 Å². The standard InChI is InChI=1S/C21H21N3O5S/c1-14(21(26)24-13-11-15-6-2-4-8-17(15)24)29-19(25)10-12-22-20-16-7-3-5-9-18(16)30(27,28)23-20/h2-9,14H,10-13H2,1H3,(H,22,23)/t14-/m0/s1. The van der Waals surface area contributed by atoms with Crippen molar-refractivity contribution in [1.29, 1.82) is 0 Å². The van der Waals surface area contributed by atoms with Crippen LogP contribution < -0.4 is 9.62 Å². The van der Waals surface area contributed by atoms with E-state index >= 15 is 0 Å². The fourth-order valence-corrected chi connectivity index (χ4v) is 4.85. The van der Waals surface area contributed by atoms with Gasteiger partial charge in [0.2, 0.25) is 0 Å². The molecule has 1 N–H and O–H groups in total. The summed E-state index contributed by atoms with van der Waals surface area (Å²) in [5.74, 6) is -0.630. The summed E-state index contributed by atoms with van der Waals surface area (Å²) in [6, 6.07) is 14.2. The van der Waals surface area contributed by atoms with Crippen LogP contribution in [0.3, 0.4) is 0 Å². The van der Waals surface area contributed by atoms with Crippen LogP contribution in [0.15, 0.2) is 58.4 Å². The van der Waals surface area contributed by atoms with Gasteiger partial charge in [-0.15, -0.1) is 0 Å². The smallest absolute Gasteiger partial charge is 0.308 e. The molecule has 0 bridgehead atoms. The molecule has 156 valence electrons. The van der Waals surface area contributed by atoms with E-state index in [9.17, 15) is 18.0 Å². The quantitative estimate of drug-likeness (QED) is 0.731. The lowest BCUT2D eigenvalue weighted by atomic mass is 10.2. The molecule has 0 aromatic heterocycles. The minimum atomic E-state index is -3.62. The summed E-state index contributed by atoms with van der Waals surface area (Å²) in [5, 5.41) is 0. The second-order valence-corrected chi connectivity index (χ2v) is 8.73. The van der Waals surface area contributed by atoms with Crippen molar-refractivity contribution in [1.82, 2.24) is 4.72 Å². The van der Waals surface area contributed by atoms with Crippen molar-refractivity contribution < 1.29 is 22.7 Å². The number of nitrogens with one attached hydrogen (secondary N) is 1. The summed E-state index contributed by atoms with van der Waals surface area (Å²) in [6.45, 7) is 2.15. The SMILES string of the molecule is C[C@H](OC(=O)CCN=C1NS(=O)(=O)c2ccccc21)C(=O)N1CCc2ccccc21. The number of carbonyl (C=O) groups is 2. The van der Waals surface area contributed by atoms with Crippen molar-refractivity contribution in [3.8, 4) is 0 Å². The zero-order valence-corrected chi connectivity index (χ0v) is 17.2. The van der Waals surface area contributed by atoms with Gasteiger partial charge in [0.15, 0.2) is 6.10 Å². The summed E-state index contributed by atoms with van der Waals surface area (Å²) < 4.78 is 31.8. The van der Waals surface area contributed by atoms with Gasteiger partial charge < -0.3 is 9.64 Å². The van der Waals surface area contributed by atoms with Crippen molar-refractivity contribution in [2.75, 3.05) is 18.0 Å². The molecule has 0 unspecified atom stereocenters. The van der Waals surface area contributed by atoms with E-state index in [1.807, 2.05) is 24.3 Å². The molecule has 0 fully saturated rings. The van der Waals surface area contributed by atoms with Crippen molar-refractivity contribution in [2.24, 2.45) is 4.99 Å². The predicted molar refractivity (Wildman–Crippen MR) is 111 cm³/mol. The molecule has 0 saturated heterocycles. The van der Waals surface area contributed by atoms with E-state index in [4.69, 9.17) is 4.74 Å². The minimum Gasteiger partial charge on any atom is -0.452 e. The second-order valence-electron chi connectivity index (χ2n) is 7.08. The molecule has 30 heavy (non-hydrogen) atoms. The second kappa shape index (κ2) is 7.91. The average Bonchev–Trinajstić information content (AvgIpc) is 3.26. The first kappa shape index (κ1) is 20.1. The normalized spacial score (nSPS) is 18.4. The lowest BCUT2D eigenvalue weighted by Gasteiger charge is -2.21. The molecular formula is C21H21N3O5S. The van der Waals surface area contributed by atoms with E-state index in [1.54, 1.807) is 30.0 Å². The average molecular weight is 427 g/mol. The van der Waals surface area contributed by atoms with Gasteiger partial charge in [-0.05, 0) is 37.1 Å². The number of sulfonamides is 1. The molecule has 0 saturated carbocycles. The van der Waals surface area contributed by atoms with E-state index in [0.29, 0.717) is 12.1 Å². The molecule has 2 aromatic rings. The van der Waals surface area contributed by atoms with Crippen molar-refractivity contribution in [3.05, 3.63) is 59.7 Å². The van der Waals surface area contributed by atoms with Crippen molar-refractivity contribution in [3.63, 3.8) is 0 Å². The number of aliphatic imine (C=N–C) groups is 1. The highest BCUT2D eigenvalue weighted by Gasteiger charge is 2.31. The number of esters is 1. The Balaban J connectivity index is 1.34. The Labute approximate surface area is 174 Å². The Morgan fingerprint density at radius 3 is 2.73 bits per heavy atom. The van der Waals surface area contributed by atoms with Crippen molar-refractivity contribution in [2.45, 2.75) is 30.8 Å². The van der Waals surface area contributed by atoms with Crippen LogP contribution in [0.1, 0.15) is 24.5 Å². The fraction of sp³-hybridized carbons (Fsp3) is 0.286. The molecule has 2 aliphatic rings. The number of hydrogen-bond donors (Lipinski definition) is 1. The van der Waals surface area contributed by atoms with Gasteiger partial charge in [-0.1, -0.05) is 30.3 Å². The van der Waals surface area contributed by atoms with Gasteiger partial charge in [0.05, 0.1) is 17.9 Å². The number of benzene rings is 2. The van der Waals surface area contributed by atoms with Crippen LogP contribution in [0.4, 0.5) is 5.69 Å². The van der Waals surface area contributed by atoms with Crippen LogP contribution in [0.25, 0.3) is 0 Å². The topological polar surface area (TPSA) is 105 Å². The van der Waals surface area contributed by atoms with Gasteiger partial charge in [0.25, 0.3) is 15.9 Å². The third-order valence-electron chi connectivity index (χ3n) is 5.06. The molecule has 8 nitrogen and oxygen atoms in total. The maximum atomic E-state index is 12.7. The fourth-order valence-electron chi connectivity index (χ4n) is 3.60. The third-order valence-corrected chi connectivity index (χ3v) is 6.45. The summed E-state index contributed by atoms with van der Waals surface area (Å²) in [6.07, 6.45) is -0.207. The molecular weight excluding hydrogens is 406 g/mol. The van der Waals surface area contributed by atoms with Gasteiger partial charge in [0, 0.05) is 17.8 Å². The number of amidine groups is 1. The molecule has 0 radical (unpaired) electrons. The number of carbonyl (C=O) groups excluding carboxylic acids is 2. The van der Waals surface area contributed by atoms with Crippen LogP contribution >= 0.6 is 0 Å². The van der Waals surface area contributed by atoms with Crippen LogP contribution in [0.2, 0.25) is 0 Å². The van der Waals surface area contributed by atoms with Gasteiger partial charge >= 0.3 is 5.97 Å². The Morgan fingerprint density at radius 2 is 1.90 bits per heavy atom. The molecule has 2 aromatic carbocycles. The molecule has 0 aliphatic carbocycles. The molecule has 1 amide bonds. The van der Waals surface area contributed by atoms with Crippen LogP contribution in [-0.2, 0) is 30.8 Å². The van der Waals surface area contributed by atoms with E-state index in [1.165, 1.54) is 6.07 Å². The monoisotopic (exact) mass is 427 g/mol. The highest BCUT2D eigenvalue weighted by Crippen LogP contribution is 2.28. The predicted octanol–water partition coefficient (Wildman–Crippen LogP) is 1.64. The number of ether oxygens (including phenoxy) is 1. The number of para-hydroxylation sites is 1. The molecule has 4 rings (SSSR count). The maximum absolute atomic E-state index is 12.7. The van der Waals surface area contributed by atoms with Crippen LogP contribution in [0, 0.1) is 0 Å². The first-order valence-electron chi connectivity index (χ1n) is 9.62. The number of fused-ring (bicyclic) bond motifs is 2. The first-order valence-corrected chi connectivity index (χ1v) is 11.1. The minimum absolute atomic E-state index is 0.0402. The maximum Gasteiger partial charge on any atom is 0.308 e. The number of nitrogens with zero attached hydrogens (tertiary/aromatic N) is 2. The highest BCUT2D eigenvalue weighted by atomic mass is 32.2. The van der Waals surface area contributed by atoms with Gasteiger partial charge in [0.1, 0.15) is 5.84 Å². The first-order chi connectivity index (χ1) is 14.4. The zero-order valence-electron chi connectivity index (χ0n) is 16.4. The van der Waals surface area contributed by atoms with E-state index < -0.39 is 22.1 Å².